The predicted molar refractivity (Wildman–Crippen MR) is 89.8 cm³/mol. The molecule has 25 heavy (non-hydrogen) atoms. The van der Waals surface area contributed by atoms with Gasteiger partial charge in [-0.25, -0.2) is 12.8 Å². The van der Waals surface area contributed by atoms with Gasteiger partial charge in [0.15, 0.2) is 0 Å². The molecule has 2 aromatic carbocycles. The van der Waals surface area contributed by atoms with Gasteiger partial charge in [-0.05, 0) is 36.4 Å². The molecule has 0 heterocycles. The SMILES string of the molecule is NC(=O)c1ccccc1OCC#CCNS(=O)(=O)c1ccc(F)cc1. The summed E-state index contributed by atoms with van der Waals surface area (Å²) in [5.74, 6) is 4.37. The van der Waals surface area contributed by atoms with Crippen molar-refractivity contribution in [3.05, 3.63) is 59.9 Å². The van der Waals surface area contributed by atoms with Gasteiger partial charge >= 0.3 is 0 Å². The number of sulfonamides is 1. The van der Waals surface area contributed by atoms with Crippen molar-refractivity contribution >= 4 is 15.9 Å². The lowest BCUT2D eigenvalue weighted by atomic mass is 10.2. The van der Waals surface area contributed by atoms with Crippen LogP contribution in [0, 0.1) is 17.7 Å². The molecule has 3 N–H and O–H groups in total. The first-order chi connectivity index (χ1) is 11.9. The van der Waals surface area contributed by atoms with E-state index < -0.39 is 21.7 Å². The molecule has 0 bridgehead atoms. The number of carbonyl (C=O) groups is 1. The van der Waals surface area contributed by atoms with Crippen LogP contribution < -0.4 is 15.2 Å². The van der Waals surface area contributed by atoms with Crippen LogP contribution in [-0.2, 0) is 10.0 Å². The van der Waals surface area contributed by atoms with Crippen molar-refractivity contribution in [1.82, 2.24) is 4.72 Å². The Hall–Kier alpha value is -2.89. The van der Waals surface area contributed by atoms with Crippen molar-refractivity contribution < 1.29 is 22.3 Å². The van der Waals surface area contributed by atoms with Crippen LogP contribution in [0.5, 0.6) is 5.75 Å². The lowest BCUT2D eigenvalue weighted by Crippen LogP contribution is -2.24. The van der Waals surface area contributed by atoms with E-state index in [9.17, 15) is 17.6 Å². The summed E-state index contributed by atoms with van der Waals surface area (Å²) in [5.41, 5.74) is 5.46. The molecule has 8 heteroatoms. The summed E-state index contributed by atoms with van der Waals surface area (Å²) in [7, 11) is -3.76. The Bertz CT molecular complexity index is 916. The number of nitrogens with one attached hydrogen (secondary N) is 1. The number of rotatable bonds is 6. The van der Waals surface area contributed by atoms with Crippen LogP contribution in [0.3, 0.4) is 0 Å². The van der Waals surface area contributed by atoms with Gasteiger partial charge in [-0.3, -0.25) is 4.79 Å². The van der Waals surface area contributed by atoms with Crippen LogP contribution in [-0.4, -0.2) is 27.5 Å². The third-order valence-corrected chi connectivity index (χ3v) is 4.47. The van der Waals surface area contributed by atoms with Gasteiger partial charge in [-0.2, -0.15) is 4.72 Å². The van der Waals surface area contributed by atoms with Gasteiger partial charge in [0.2, 0.25) is 10.0 Å². The maximum absolute atomic E-state index is 12.8. The van der Waals surface area contributed by atoms with Crippen LogP contribution in [0.25, 0.3) is 0 Å². The highest BCUT2D eigenvalue weighted by molar-refractivity contribution is 7.89. The van der Waals surface area contributed by atoms with Gasteiger partial charge in [-0.1, -0.05) is 24.0 Å². The van der Waals surface area contributed by atoms with Crippen LogP contribution in [0.1, 0.15) is 10.4 Å². The molecular formula is C17H15FN2O4S. The van der Waals surface area contributed by atoms with E-state index in [-0.39, 0.29) is 23.6 Å². The number of hydrogen-bond acceptors (Lipinski definition) is 4. The number of halogens is 1. The molecule has 0 radical (unpaired) electrons. The van der Waals surface area contributed by atoms with Crippen LogP contribution in [0.15, 0.2) is 53.4 Å². The highest BCUT2D eigenvalue weighted by Gasteiger charge is 2.12. The lowest BCUT2D eigenvalue weighted by molar-refractivity contribution is 0.0997. The Morgan fingerprint density at radius 3 is 2.48 bits per heavy atom. The monoisotopic (exact) mass is 362 g/mol. The summed E-state index contributed by atoms with van der Waals surface area (Å²) in [5, 5.41) is 0. The van der Waals surface area contributed by atoms with Crippen molar-refractivity contribution in [3.8, 4) is 17.6 Å². The van der Waals surface area contributed by atoms with Crippen molar-refractivity contribution in [2.75, 3.05) is 13.2 Å². The molecule has 0 spiro atoms. The van der Waals surface area contributed by atoms with Gasteiger partial charge in [0.05, 0.1) is 17.0 Å². The fourth-order valence-electron chi connectivity index (χ4n) is 1.85. The molecule has 0 aliphatic heterocycles. The van der Waals surface area contributed by atoms with Crippen molar-refractivity contribution in [2.24, 2.45) is 5.73 Å². The van der Waals surface area contributed by atoms with Gasteiger partial charge in [0, 0.05) is 0 Å². The lowest BCUT2D eigenvalue weighted by Gasteiger charge is -2.06. The number of hydrogen-bond donors (Lipinski definition) is 2. The topological polar surface area (TPSA) is 98.5 Å². The number of para-hydroxylation sites is 1. The largest absolute Gasteiger partial charge is 0.480 e. The number of ether oxygens (including phenoxy) is 1. The van der Waals surface area contributed by atoms with E-state index in [4.69, 9.17) is 10.5 Å². The summed E-state index contributed by atoms with van der Waals surface area (Å²) in [6.45, 7) is -0.177. The highest BCUT2D eigenvalue weighted by atomic mass is 32.2. The normalized spacial score (nSPS) is 10.6. The molecule has 0 saturated carbocycles. The number of nitrogens with two attached hydrogens (primary N) is 1. The minimum absolute atomic E-state index is 0.0391. The van der Waals surface area contributed by atoms with Gasteiger partial charge in [0.1, 0.15) is 18.2 Å². The fraction of sp³-hybridized carbons (Fsp3) is 0.118. The zero-order valence-corrected chi connectivity index (χ0v) is 13.8. The fourth-order valence-corrected chi connectivity index (χ4v) is 2.77. The second-order valence-electron chi connectivity index (χ2n) is 4.78. The molecule has 0 saturated heterocycles. The molecule has 0 aromatic heterocycles. The van der Waals surface area contributed by atoms with E-state index in [2.05, 4.69) is 16.6 Å². The average molecular weight is 362 g/mol. The third-order valence-electron chi connectivity index (χ3n) is 3.05. The van der Waals surface area contributed by atoms with Gasteiger partial charge in [-0.15, -0.1) is 0 Å². The molecule has 0 unspecified atom stereocenters. The third kappa shape index (κ3) is 5.31. The Morgan fingerprint density at radius 2 is 1.80 bits per heavy atom. The number of primary amides is 1. The first-order valence-corrected chi connectivity index (χ1v) is 8.61. The second-order valence-corrected chi connectivity index (χ2v) is 6.55. The number of benzene rings is 2. The highest BCUT2D eigenvalue weighted by Crippen LogP contribution is 2.16. The smallest absolute Gasteiger partial charge is 0.252 e. The second kappa shape index (κ2) is 8.28. The Labute approximate surface area is 144 Å². The van der Waals surface area contributed by atoms with E-state index in [1.807, 2.05) is 0 Å². The van der Waals surface area contributed by atoms with E-state index in [1.165, 1.54) is 6.07 Å². The zero-order valence-electron chi connectivity index (χ0n) is 13.0. The Morgan fingerprint density at radius 1 is 1.12 bits per heavy atom. The molecule has 6 nitrogen and oxygen atoms in total. The van der Waals surface area contributed by atoms with Crippen LogP contribution in [0.4, 0.5) is 4.39 Å². The Balaban J connectivity index is 1.87. The summed E-state index contributed by atoms with van der Waals surface area (Å²) in [6.07, 6.45) is 0. The molecule has 0 atom stereocenters. The maximum Gasteiger partial charge on any atom is 0.252 e. The van der Waals surface area contributed by atoms with E-state index in [0.29, 0.717) is 5.75 Å². The first-order valence-electron chi connectivity index (χ1n) is 7.13. The van der Waals surface area contributed by atoms with Crippen molar-refractivity contribution in [2.45, 2.75) is 4.90 Å². The molecule has 0 aliphatic rings. The molecule has 0 fully saturated rings. The van der Waals surface area contributed by atoms with E-state index in [0.717, 1.165) is 24.3 Å². The first kappa shape index (κ1) is 18.4. The molecular weight excluding hydrogens is 347 g/mol. The average Bonchev–Trinajstić information content (AvgIpc) is 2.58. The molecule has 2 aromatic rings. The summed E-state index contributed by atoms with van der Waals surface area (Å²) >= 11 is 0. The predicted octanol–water partition coefficient (Wildman–Crippen LogP) is 1.29. The van der Waals surface area contributed by atoms with Crippen molar-refractivity contribution in [1.29, 1.82) is 0 Å². The molecule has 0 aliphatic carbocycles. The number of carbonyl (C=O) groups excluding carboxylic acids is 1. The minimum atomic E-state index is -3.76. The summed E-state index contributed by atoms with van der Waals surface area (Å²) in [6, 6.07) is 10.9. The van der Waals surface area contributed by atoms with Crippen LogP contribution in [0.2, 0.25) is 0 Å². The molecule has 130 valence electrons. The van der Waals surface area contributed by atoms with Crippen molar-refractivity contribution in [3.63, 3.8) is 0 Å². The summed E-state index contributed by atoms with van der Waals surface area (Å²) in [4.78, 5) is 11.2. The van der Waals surface area contributed by atoms with E-state index in [1.54, 1.807) is 18.2 Å². The van der Waals surface area contributed by atoms with Gasteiger partial charge < -0.3 is 10.5 Å². The standard InChI is InChI=1S/C17H15FN2O4S/c18-13-7-9-14(10-8-13)25(22,23)20-11-3-4-12-24-16-6-2-1-5-15(16)17(19)21/h1-2,5-10,20H,11-12H2,(H2,19,21). The number of amides is 1. The van der Waals surface area contributed by atoms with Gasteiger partial charge in [0.25, 0.3) is 5.91 Å². The minimum Gasteiger partial charge on any atom is -0.480 e. The molecule has 1 amide bonds. The zero-order chi connectivity index (χ0) is 18.3. The Kier molecular flexibility index (Phi) is 6.11. The maximum atomic E-state index is 12.8. The van der Waals surface area contributed by atoms with E-state index >= 15 is 0 Å². The quantitative estimate of drug-likeness (QED) is 0.757. The summed E-state index contributed by atoms with van der Waals surface area (Å²) < 4.78 is 44.3. The molecule has 2 rings (SSSR count). The van der Waals surface area contributed by atoms with Crippen LogP contribution >= 0.6 is 0 Å².